The van der Waals surface area contributed by atoms with E-state index < -0.39 is 5.91 Å². The zero-order valence-corrected chi connectivity index (χ0v) is 8.83. The average molecular weight is 230 g/mol. The molecule has 0 fully saturated rings. The molecule has 6 nitrogen and oxygen atoms in total. The molecule has 0 aliphatic heterocycles. The summed E-state index contributed by atoms with van der Waals surface area (Å²) in [6.07, 6.45) is 2.86. The van der Waals surface area contributed by atoms with Crippen LogP contribution >= 0.6 is 0 Å². The summed E-state index contributed by atoms with van der Waals surface area (Å²) in [6, 6.07) is 6.37. The van der Waals surface area contributed by atoms with E-state index in [0.29, 0.717) is 11.3 Å². The molecule has 2 aromatic rings. The van der Waals surface area contributed by atoms with Crippen molar-refractivity contribution in [3.63, 3.8) is 0 Å². The number of primary amides is 1. The van der Waals surface area contributed by atoms with Gasteiger partial charge in [-0.15, -0.1) is 0 Å². The van der Waals surface area contributed by atoms with Crippen molar-refractivity contribution < 1.29 is 9.53 Å². The molecule has 0 radical (unpaired) electrons. The zero-order valence-electron chi connectivity index (χ0n) is 8.83. The number of anilines is 1. The minimum atomic E-state index is -0.486. The summed E-state index contributed by atoms with van der Waals surface area (Å²) in [4.78, 5) is 18.6. The molecule has 0 aliphatic carbocycles. The minimum Gasteiger partial charge on any atom is -0.437 e. The Morgan fingerprint density at radius 3 is 2.47 bits per heavy atom. The maximum Gasteiger partial charge on any atom is 0.248 e. The number of rotatable bonds is 3. The molecule has 0 spiro atoms. The second-order valence-corrected chi connectivity index (χ2v) is 3.27. The second-order valence-electron chi connectivity index (χ2n) is 3.27. The topological polar surface area (TPSA) is 104 Å². The molecule has 6 heteroatoms. The number of hydrogen-bond donors (Lipinski definition) is 2. The first kappa shape index (κ1) is 10.9. The van der Waals surface area contributed by atoms with Gasteiger partial charge in [-0.1, -0.05) is 0 Å². The van der Waals surface area contributed by atoms with Crippen molar-refractivity contribution in [2.75, 3.05) is 5.73 Å². The van der Waals surface area contributed by atoms with Crippen LogP contribution in [0.2, 0.25) is 0 Å². The molecular weight excluding hydrogens is 220 g/mol. The van der Waals surface area contributed by atoms with E-state index in [1.54, 1.807) is 24.3 Å². The third-order valence-corrected chi connectivity index (χ3v) is 1.99. The predicted octanol–water partition coefficient (Wildman–Crippen LogP) is 0.950. The first-order valence-electron chi connectivity index (χ1n) is 4.80. The summed E-state index contributed by atoms with van der Waals surface area (Å²) in [5.74, 6) is 0.600. The molecule has 0 bridgehead atoms. The number of carbonyl (C=O) groups is 1. The van der Waals surface area contributed by atoms with Gasteiger partial charge in [0.1, 0.15) is 11.6 Å². The number of nitrogens with zero attached hydrogens (tertiary/aromatic N) is 2. The van der Waals surface area contributed by atoms with Gasteiger partial charge in [0.2, 0.25) is 11.8 Å². The number of aromatic nitrogens is 2. The van der Waals surface area contributed by atoms with Gasteiger partial charge >= 0.3 is 0 Å². The van der Waals surface area contributed by atoms with Crippen LogP contribution in [-0.4, -0.2) is 15.9 Å². The average Bonchev–Trinajstić information content (AvgIpc) is 2.29. The lowest BCUT2D eigenvalue weighted by Crippen LogP contribution is -2.10. The van der Waals surface area contributed by atoms with Crippen LogP contribution in [0.4, 0.5) is 5.82 Å². The van der Waals surface area contributed by atoms with Crippen molar-refractivity contribution in [1.29, 1.82) is 0 Å². The van der Waals surface area contributed by atoms with Crippen LogP contribution in [0.25, 0.3) is 0 Å². The van der Waals surface area contributed by atoms with Gasteiger partial charge < -0.3 is 16.2 Å². The van der Waals surface area contributed by atoms with Crippen molar-refractivity contribution in [3.8, 4) is 11.6 Å². The van der Waals surface area contributed by atoms with Crippen molar-refractivity contribution >= 4 is 11.7 Å². The summed E-state index contributed by atoms with van der Waals surface area (Å²) in [7, 11) is 0. The van der Waals surface area contributed by atoms with Crippen molar-refractivity contribution in [2.45, 2.75) is 0 Å². The van der Waals surface area contributed by atoms with Crippen LogP contribution < -0.4 is 16.2 Å². The summed E-state index contributed by atoms with van der Waals surface area (Å²) < 4.78 is 5.39. The van der Waals surface area contributed by atoms with Gasteiger partial charge in [0.15, 0.2) is 0 Å². The molecule has 1 aromatic carbocycles. The van der Waals surface area contributed by atoms with Gasteiger partial charge in [-0.2, -0.15) is 4.98 Å². The highest BCUT2D eigenvalue weighted by molar-refractivity contribution is 5.92. The molecule has 86 valence electrons. The SMILES string of the molecule is NC(=O)c1ccc(Oc2cncc(N)n2)cc1. The van der Waals surface area contributed by atoms with E-state index in [9.17, 15) is 4.79 Å². The standard InChI is InChI=1S/C11H10N4O2/c12-9-5-14-6-10(15-9)17-8-3-1-7(2-4-8)11(13)16/h1-6H,(H2,12,15)(H2,13,16). The van der Waals surface area contributed by atoms with Crippen LogP contribution in [-0.2, 0) is 0 Å². The molecular formula is C11H10N4O2. The third kappa shape index (κ3) is 2.69. The smallest absolute Gasteiger partial charge is 0.248 e. The molecule has 4 N–H and O–H groups in total. The van der Waals surface area contributed by atoms with E-state index in [0.717, 1.165) is 0 Å². The number of amides is 1. The minimum absolute atomic E-state index is 0.274. The Morgan fingerprint density at radius 2 is 1.88 bits per heavy atom. The maximum atomic E-state index is 10.9. The highest BCUT2D eigenvalue weighted by Crippen LogP contribution is 2.19. The molecule has 1 amide bonds. The Balaban J connectivity index is 2.16. The number of benzene rings is 1. The van der Waals surface area contributed by atoms with E-state index in [2.05, 4.69) is 9.97 Å². The third-order valence-electron chi connectivity index (χ3n) is 1.99. The quantitative estimate of drug-likeness (QED) is 0.816. The van der Waals surface area contributed by atoms with E-state index in [4.69, 9.17) is 16.2 Å². The number of nitrogen functional groups attached to an aromatic ring is 1. The normalized spacial score (nSPS) is 9.88. The van der Waals surface area contributed by atoms with E-state index in [1.807, 2.05) is 0 Å². The van der Waals surface area contributed by atoms with Crippen LogP contribution in [0.15, 0.2) is 36.7 Å². The van der Waals surface area contributed by atoms with Gasteiger partial charge in [0.25, 0.3) is 0 Å². The molecule has 0 saturated heterocycles. The van der Waals surface area contributed by atoms with Crippen LogP contribution in [0.3, 0.4) is 0 Å². The summed E-state index contributed by atoms with van der Waals surface area (Å²) in [5, 5.41) is 0. The lowest BCUT2D eigenvalue weighted by atomic mass is 10.2. The molecule has 0 unspecified atom stereocenters. The number of carbonyl (C=O) groups excluding carboxylic acids is 1. The monoisotopic (exact) mass is 230 g/mol. The second kappa shape index (κ2) is 4.48. The van der Waals surface area contributed by atoms with Gasteiger partial charge in [-0.3, -0.25) is 9.78 Å². The van der Waals surface area contributed by atoms with Crippen molar-refractivity contribution in [2.24, 2.45) is 5.73 Å². The largest absolute Gasteiger partial charge is 0.437 e. The first-order chi connectivity index (χ1) is 8.15. The van der Waals surface area contributed by atoms with Crippen LogP contribution in [0.5, 0.6) is 11.6 Å². The van der Waals surface area contributed by atoms with Crippen molar-refractivity contribution in [1.82, 2.24) is 9.97 Å². The fraction of sp³-hybridized carbons (Fsp3) is 0. The van der Waals surface area contributed by atoms with Gasteiger partial charge in [0.05, 0.1) is 12.4 Å². The van der Waals surface area contributed by atoms with Gasteiger partial charge in [0, 0.05) is 5.56 Å². The molecule has 1 heterocycles. The number of hydrogen-bond acceptors (Lipinski definition) is 5. The van der Waals surface area contributed by atoms with Crippen LogP contribution in [0, 0.1) is 0 Å². The highest BCUT2D eigenvalue weighted by Gasteiger charge is 2.02. The Morgan fingerprint density at radius 1 is 1.18 bits per heavy atom. The van der Waals surface area contributed by atoms with E-state index in [-0.39, 0.29) is 11.7 Å². The molecule has 0 aliphatic rings. The number of nitrogens with two attached hydrogens (primary N) is 2. The van der Waals surface area contributed by atoms with Crippen molar-refractivity contribution in [3.05, 3.63) is 42.2 Å². The summed E-state index contributed by atoms with van der Waals surface area (Å²) in [5.41, 5.74) is 11.0. The lowest BCUT2D eigenvalue weighted by molar-refractivity contribution is 0.100. The lowest BCUT2D eigenvalue weighted by Gasteiger charge is -2.04. The Kier molecular flexibility index (Phi) is 2.87. The molecule has 17 heavy (non-hydrogen) atoms. The Labute approximate surface area is 97.2 Å². The van der Waals surface area contributed by atoms with Gasteiger partial charge in [-0.05, 0) is 24.3 Å². The summed E-state index contributed by atoms with van der Waals surface area (Å²) in [6.45, 7) is 0. The summed E-state index contributed by atoms with van der Waals surface area (Å²) >= 11 is 0. The molecule has 2 rings (SSSR count). The fourth-order valence-corrected chi connectivity index (χ4v) is 1.22. The van der Waals surface area contributed by atoms with E-state index >= 15 is 0 Å². The Bertz CT molecular complexity index is 539. The predicted molar refractivity (Wildman–Crippen MR) is 61.5 cm³/mol. The Hall–Kier alpha value is -2.63. The van der Waals surface area contributed by atoms with E-state index in [1.165, 1.54) is 12.4 Å². The fourth-order valence-electron chi connectivity index (χ4n) is 1.22. The molecule has 1 aromatic heterocycles. The maximum absolute atomic E-state index is 10.9. The molecule has 0 saturated carbocycles. The van der Waals surface area contributed by atoms with Crippen LogP contribution in [0.1, 0.15) is 10.4 Å². The first-order valence-corrected chi connectivity index (χ1v) is 4.80. The highest BCUT2D eigenvalue weighted by atomic mass is 16.5. The zero-order chi connectivity index (χ0) is 12.3. The number of ether oxygens (including phenoxy) is 1. The molecule has 0 atom stereocenters. The van der Waals surface area contributed by atoms with Gasteiger partial charge in [-0.25, -0.2) is 0 Å².